The van der Waals surface area contributed by atoms with Gasteiger partial charge in [0.1, 0.15) is 5.75 Å². The van der Waals surface area contributed by atoms with Crippen LogP contribution < -0.4 is 15.1 Å². The van der Waals surface area contributed by atoms with Gasteiger partial charge < -0.3 is 14.1 Å². The predicted molar refractivity (Wildman–Crippen MR) is 101 cm³/mol. The molecule has 1 N–H and O–H groups in total. The van der Waals surface area contributed by atoms with Crippen LogP contribution in [0.3, 0.4) is 0 Å². The molecule has 25 heavy (non-hydrogen) atoms. The Morgan fingerprint density at radius 3 is 2.84 bits per heavy atom. The average Bonchev–Trinajstić information content (AvgIpc) is 3.24. The van der Waals surface area contributed by atoms with Crippen molar-refractivity contribution >= 4 is 33.9 Å². The number of aryl methyl sites for hydroxylation is 1. The maximum absolute atomic E-state index is 12.3. The zero-order chi connectivity index (χ0) is 17.8. The normalized spacial score (nSPS) is 14.3. The molecule has 0 bridgehead atoms. The van der Waals surface area contributed by atoms with Gasteiger partial charge in [0.25, 0.3) is 5.91 Å². The maximum atomic E-state index is 12.3. The number of benzene rings is 1. The first-order valence-corrected chi connectivity index (χ1v) is 8.90. The molecule has 1 amide bonds. The Morgan fingerprint density at radius 2 is 2.12 bits per heavy atom. The highest BCUT2D eigenvalue weighted by molar-refractivity contribution is 9.10. The second kappa shape index (κ2) is 7.74. The third-order valence-corrected chi connectivity index (χ3v) is 4.61. The summed E-state index contributed by atoms with van der Waals surface area (Å²) in [5.74, 6) is 1.57. The van der Waals surface area contributed by atoms with E-state index >= 15 is 0 Å². The average molecular weight is 406 g/mol. The Morgan fingerprint density at radius 1 is 1.36 bits per heavy atom. The summed E-state index contributed by atoms with van der Waals surface area (Å²) in [7, 11) is 1.54. The van der Waals surface area contributed by atoms with Crippen molar-refractivity contribution in [3.63, 3.8) is 0 Å². The summed E-state index contributed by atoms with van der Waals surface area (Å²) in [4.78, 5) is 14.4. The van der Waals surface area contributed by atoms with E-state index in [0.717, 1.165) is 29.0 Å². The predicted octanol–water partition coefficient (Wildman–Crippen LogP) is 3.72. The van der Waals surface area contributed by atoms with Crippen molar-refractivity contribution in [2.75, 3.05) is 25.1 Å². The molecule has 0 radical (unpaired) electrons. The highest BCUT2D eigenvalue weighted by atomic mass is 79.9. The minimum Gasteiger partial charge on any atom is -0.496 e. The van der Waals surface area contributed by atoms with Gasteiger partial charge in [-0.15, -0.1) is 0 Å². The number of hydrogen-bond acceptors (Lipinski definition) is 5. The lowest BCUT2D eigenvalue weighted by atomic mass is 10.1. The van der Waals surface area contributed by atoms with Crippen molar-refractivity contribution in [2.24, 2.45) is 5.10 Å². The van der Waals surface area contributed by atoms with Crippen LogP contribution in [0.4, 0.5) is 5.88 Å². The lowest BCUT2D eigenvalue weighted by Gasteiger charge is -2.13. The first kappa shape index (κ1) is 17.5. The van der Waals surface area contributed by atoms with Crippen LogP contribution in [0.15, 0.2) is 38.3 Å². The van der Waals surface area contributed by atoms with Crippen molar-refractivity contribution < 1.29 is 13.9 Å². The molecule has 1 aliphatic heterocycles. The third-order valence-electron chi connectivity index (χ3n) is 4.04. The van der Waals surface area contributed by atoms with Gasteiger partial charge in [-0.2, -0.15) is 5.10 Å². The molecule has 1 aliphatic rings. The molecule has 2 heterocycles. The van der Waals surface area contributed by atoms with Crippen LogP contribution in [-0.4, -0.2) is 32.3 Å². The number of hydrogen-bond donors (Lipinski definition) is 1. The number of hydrazone groups is 1. The fraction of sp³-hybridized carbons (Fsp3) is 0.333. The van der Waals surface area contributed by atoms with Crippen molar-refractivity contribution in [3.05, 3.63) is 45.6 Å². The summed E-state index contributed by atoms with van der Waals surface area (Å²) < 4.78 is 11.9. The monoisotopic (exact) mass is 405 g/mol. The first-order chi connectivity index (χ1) is 12.1. The molecule has 3 rings (SSSR count). The second-order valence-electron chi connectivity index (χ2n) is 5.90. The van der Waals surface area contributed by atoms with Crippen molar-refractivity contribution in [2.45, 2.75) is 19.8 Å². The molecule has 1 saturated heterocycles. The van der Waals surface area contributed by atoms with Gasteiger partial charge in [0.15, 0.2) is 5.76 Å². The van der Waals surface area contributed by atoms with Crippen LogP contribution in [0.2, 0.25) is 0 Å². The molecular weight excluding hydrogens is 386 g/mol. The summed E-state index contributed by atoms with van der Waals surface area (Å²) in [6.45, 7) is 3.92. The number of carbonyl (C=O) groups excluding carboxylic acids is 1. The summed E-state index contributed by atoms with van der Waals surface area (Å²) in [6.07, 6.45) is 3.83. The maximum Gasteiger partial charge on any atom is 0.275 e. The standard InChI is InChI=1S/C18H20BrN3O3/c1-12-5-6-14(16(9-12)24-2)17(23)21-20-11-13-10-15(19)18(25-13)22-7-3-4-8-22/h5-6,9-11H,3-4,7-8H2,1-2H3,(H,21,23)/b20-11-. The SMILES string of the molecule is COc1cc(C)ccc1C(=O)N/N=C\c1cc(Br)c(N2CCCC2)o1. The molecule has 1 fully saturated rings. The van der Waals surface area contributed by atoms with E-state index in [-0.39, 0.29) is 5.91 Å². The molecule has 7 heteroatoms. The molecule has 0 saturated carbocycles. The Labute approximate surface area is 155 Å². The molecule has 0 atom stereocenters. The highest BCUT2D eigenvalue weighted by Gasteiger charge is 2.19. The van der Waals surface area contributed by atoms with Crippen molar-refractivity contribution in [1.82, 2.24) is 5.43 Å². The molecule has 1 aromatic carbocycles. The van der Waals surface area contributed by atoms with Gasteiger partial charge in [0.2, 0.25) is 5.88 Å². The molecule has 0 unspecified atom stereocenters. The summed E-state index contributed by atoms with van der Waals surface area (Å²) in [5, 5.41) is 3.98. The summed E-state index contributed by atoms with van der Waals surface area (Å²) in [5.41, 5.74) is 3.96. The van der Waals surface area contributed by atoms with E-state index in [1.807, 2.05) is 25.1 Å². The molecule has 0 aliphatic carbocycles. The van der Waals surface area contributed by atoms with E-state index in [4.69, 9.17) is 9.15 Å². The smallest absolute Gasteiger partial charge is 0.275 e. The number of ether oxygens (including phenoxy) is 1. The Hall–Kier alpha value is -2.28. The largest absolute Gasteiger partial charge is 0.496 e. The zero-order valence-corrected chi connectivity index (χ0v) is 15.8. The van der Waals surface area contributed by atoms with Crippen molar-refractivity contribution in [1.29, 1.82) is 0 Å². The van der Waals surface area contributed by atoms with Crippen LogP contribution >= 0.6 is 15.9 Å². The highest BCUT2D eigenvalue weighted by Crippen LogP contribution is 2.31. The number of rotatable bonds is 5. The molecular formula is C18H20BrN3O3. The number of furan rings is 1. The molecule has 0 spiro atoms. The van der Waals surface area contributed by atoms with Crippen LogP contribution in [-0.2, 0) is 0 Å². The second-order valence-corrected chi connectivity index (χ2v) is 6.75. The van der Waals surface area contributed by atoms with Crippen LogP contribution in [0.25, 0.3) is 0 Å². The number of methoxy groups -OCH3 is 1. The summed E-state index contributed by atoms with van der Waals surface area (Å²) in [6, 6.07) is 7.22. The Kier molecular flexibility index (Phi) is 5.43. The van der Waals surface area contributed by atoms with E-state index < -0.39 is 0 Å². The van der Waals surface area contributed by atoms with E-state index in [9.17, 15) is 4.79 Å². The quantitative estimate of drug-likeness (QED) is 0.607. The van der Waals surface area contributed by atoms with Gasteiger partial charge >= 0.3 is 0 Å². The van der Waals surface area contributed by atoms with Gasteiger partial charge in [-0.1, -0.05) is 6.07 Å². The topological polar surface area (TPSA) is 67.1 Å². The Bertz CT molecular complexity index is 795. The molecule has 6 nitrogen and oxygen atoms in total. The van der Waals surface area contributed by atoms with Gasteiger partial charge in [0, 0.05) is 19.2 Å². The fourth-order valence-corrected chi connectivity index (χ4v) is 3.33. The van der Waals surface area contributed by atoms with Crippen LogP contribution in [0, 0.1) is 6.92 Å². The van der Waals surface area contributed by atoms with Gasteiger partial charge in [-0.25, -0.2) is 5.43 Å². The summed E-state index contributed by atoms with van der Waals surface area (Å²) >= 11 is 3.51. The van der Waals surface area contributed by atoms with E-state index in [0.29, 0.717) is 17.1 Å². The van der Waals surface area contributed by atoms with E-state index in [2.05, 4.69) is 31.4 Å². The zero-order valence-electron chi connectivity index (χ0n) is 14.2. The minimum atomic E-state index is -0.335. The lowest BCUT2D eigenvalue weighted by molar-refractivity contribution is 0.0952. The molecule has 132 valence electrons. The number of carbonyl (C=O) groups is 1. The first-order valence-electron chi connectivity index (χ1n) is 8.11. The van der Waals surface area contributed by atoms with Gasteiger partial charge in [0.05, 0.1) is 23.4 Å². The van der Waals surface area contributed by atoms with E-state index in [1.54, 1.807) is 6.07 Å². The van der Waals surface area contributed by atoms with E-state index in [1.165, 1.54) is 26.2 Å². The fourth-order valence-electron chi connectivity index (χ4n) is 2.78. The molecule has 1 aromatic heterocycles. The minimum absolute atomic E-state index is 0.335. The third kappa shape index (κ3) is 4.04. The van der Waals surface area contributed by atoms with Gasteiger partial charge in [-0.05, 0) is 53.4 Å². The Balaban J connectivity index is 1.67. The number of nitrogens with zero attached hydrogens (tertiary/aromatic N) is 2. The number of anilines is 1. The van der Waals surface area contributed by atoms with Gasteiger partial charge in [-0.3, -0.25) is 4.79 Å². The number of halogens is 1. The van der Waals surface area contributed by atoms with Crippen LogP contribution in [0.1, 0.15) is 34.5 Å². The number of nitrogens with one attached hydrogen (secondary N) is 1. The number of amides is 1. The van der Waals surface area contributed by atoms with Crippen LogP contribution in [0.5, 0.6) is 5.75 Å². The lowest BCUT2D eigenvalue weighted by Crippen LogP contribution is -2.18. The van der Waals surface area contributed by atoms with Crippen molar-refractivity contribution in [3.8, 4) is 5.75 Å². The molecule has 2 aromatic rings.